The van der Waals surface area contributed by atoms with Gasteiger partial charge in [0.15, 0.2) is 23.1 Å². The number of hydrogen-bond donors (Lipinski definition) is 0. The molecule has 8 aliphatic rings. The van der Waals surface area contributed by atoms with Crippen molar-refractivity contribution < 1.29 is 57.5 Å². The number of likely N-dealkylation sites (tertiary alicyclic amines) is 4. The topological polar surface area (TPSA) is 231 Å². The van der Waals surface area contributed by atoms with Crippen LogP contribution in [-0.4, -0.2) is 171 Å². The van der Waals surface area contributed by atoms with Gasteiger partial charge in [0.05, 0.1) is 23.7 Å². The van der Waals surface area contributed by atoms with Gasteiger partial charge >= 0.3 is 0 Å². The zero-order valence-corrected chi connectivity index (χ0v) is 91.7. The first-order valence-electron chi connectivity index (χ1n) is 54.1. The highest BCUT2D eigenvalue weighted by molar-refractivity contribution is 6.07. The molecule has 0 N–H and O–H groups in total. The van der Waals surface area contributed by atoms with E-state index >= 15 is 0 Å². The second-order valence-corrected chi connectivity index (χ2v) is 46.8. The number of ketones is 4. The van der Waals surface area contributed by atoms with Gasteiger partial charge in [-0.1, -0.05) is 281 Å². The molecule has 784 valence electrons. The molecule has 4 saturated heterocycles. The first-order valence-corrected chi connectivity index (χ1v) is 54.1. The number of allylic oxidation sites excluding steroid dienone is 8. The molecular formula is C128H160N8O12. The average molecular weight is 2000 g/mol. The summed E-state index contributed by atoms with van der Waals surface area (Å²) in [5.41, 5.74) is 19.6. The molecular weight excluding hydrogens is 1840 g/mol. The van der Waals surface area contributed by atoms with Crippen LogP contribution in [0, 0.1) is 73.0 Å². The summed E-state index contributed by atoms with van der Waals surface area (Å²) in [7, 11) is 0. The Hall–Kier alpha value is -12.8. The number of aryl methyl sites for hydroxylation is 6. The van der Waals surface area contributed by atoms with Gasteiger partial charge in [0, 0.05) is 102 Å². The molecule has 20 heteroatoms. The van der Waals surface area contributed by atoms with Crippen LogP contribution >= 0.6 is 0 Å². The number of rotatable bonds is 24. The lowest BCUT2D eigenvalue weighted by Crippen LogP contribution is -2.52. The normalized spacial score (nSPS) is 18.9. The highest BCUT2D eigenvalue weighted by Gasteiger charge is 2.49. The van der Waals surface area contributed by atoms with Gasteiger partial charge in [-0.3, -0.25) is 57.5 Å². The minimum absolute atomic E-state index is 0.0000953. The largest absolute Gasteiger partial charge is 0.336 e. The fourth-order valence-electron chi connectivity index (χ4n) is 22.3. The molecule has 8 amide bonds. The molecule has 8 heterocycles. The Balaban J connectivity index is 0.000000165. The second-order valence-electron chi connectivity index (χ2n) is 46.8. The van der Waals surface area contributed by atoms with Crippen molar-refractivity contribution in [2.75, 3.05) is 67.1 Å². The number of carbonyl (C=O) groups excluding carboxylic acids is 12. The Morgan fingerprint density at radius 3 is 0.804 bits per heavy atom. The highest BCUT2D eigenvalue weighted by Crippen LogP contribution is 2.43. The van der Waals surface area contributed by atoms with Crippen LogP contribution in [0.2, 0.25) is 0 Å². The fourth-order valence-corrected chi connectivity index (χ4v) is 22.3. The van der Waals surface area contributed by atoms with Gasteiger partial charge in [-0.25, -0.2) is 0 Å². The molecule has 0 radical (unpaired) electrons. The third-order valence-corrected chi connectivity index (χ3v) is 31.4. The van der Waals surface area contributed by atoms with Gasteiger partial charge in [0.25, 0.3) is 0 Å². The van der Waals surface area contributed by atoms with Crippen molar-refractivity contribution in [1.29, 1.82) is 0 Å². The van der Waals surface area contributed by atoms with Crippen molar-refractivity contribution in [3.63, 3.8) is 0 Å². The van der Waals surface area contributed by atoms with E-state index in [9.17, 15) is 57.5 Å². The summed E-state index contributed by atoms with van der Waals surface area (Å²) in [4.78, 5) is 178. The molecule has 8 aliphatic heterocycles. The average Bonchev–Trinajstić information content (AvgIpc) is 1.59. The smallest absolute Gasteiger partial charge is 0.249 e. The number of nitrogens with zero attached hydrogens (tertiary/aromatic N) is 8. The highest BCUT2D eigenvalue weighted by atomic mass is 16.2. The first-order chi connectivity index (χ1) is 70.2. The number of fused-ring (bicyclic) bond motifs is 4. The zero-order chi connectivity index (χ0) is 107. The summed E-state index contributed by atoms with van der Waals surface area (Å²) < 4.78 is 0. The summed E-state index contributed by atoms with van der Waals surface area (Å²) in [6, 6.07) is 63.0. The van der Waals surface area contributed by atoms with E-state index in [1.165, 1.54) is 50.1 Å². The van der Waals surface area contributed by atoms with E-state index in [-0.39, 0.29) is 96.1 Å². The molecule has 0 spiro atoms. The third-order valence-electron chi connectivity index (χ3n) is 31.4. The van der Waals surface area contributed by atoms with E-state index in [1.54, 1.807) is 43.9 Å². The van der Waals surface area contributed by atoms with Crippen molar-refractivity contribution in [1.82, 2.24) is 24.5 Å². The molecule has 8 aromatic rings. The number of para-hydroxylation sites is 3. The van der Waals surface area contributed by atoms with Gasteiger partial charge in [-0.15, -0.1) is 0 Å². The zero-order valence-electron chi connectivity index (χ0n) is 91.7. The van der Waals surface area contributed by atoms with Crippen LogP contribution in [0.5, 0.6) is 0 Å². The van der Waals surface area contributed by atoms with Gasteiger partial charge in [-0.05, 0) is 288 Å². The summed E-state index contributed by atoms with van der Waals surface area (Å²) >= 11 is 0. The molecule has 4 fully saturated rings. The van der Waals surface area contributed by atoms with Crippen molar-refractivity contribution in [2.45, 2.75) is 291 Å². The molecule has 20 nitrogen and oxygen atoms in total. The number of amides is 8. The Morgan fingerprint density at radius 1 is 0.264 bits per heavy atom. The van der Waals surface area contributed by atoms with Crippen LogP contribution in [0.4, 0.5) is 17.1 Å². The molecule has 8 aromatic carbocycles. The van der Waals surface area contributed by atoms with E-state index in [4.69, 9.17) is 0 Å². The molecule has 16 rings (SSSR count). The Bertz CT molecular complexity index is 6270. The quantitative estimate of drug-likeness (QED) is 0.0514. The number of hydrogen-bond acceptors (Lipinski definition) is 12. The van der Waals surface area contributed by atoms with E-state index in [0.29, 0.717) is 84.6 Å². The van der Waals surface area contributed by atoms with Crippen LogP contribution in [-0.2, 0) is 89.8 Å². The van der Waals surface area contributed by atoms with Crippen molar-refractivity contribution in [3.05, 3.63) is 291 Å². The molecule has 0 aromatic heterocycles. The van der Waals surface area contributed by atoms with Crippen LogP contribution < -0.4 is 14.7 Å². The first kappa shape index (κ1) is 112. The Kier molecular flexibility index (Phi) is 37.6. The van der Waals surface area contributed by atoms with E-state index < -0.39 is 69.5 Å². The minimum atomic E-state index is -0.498. The van der Waals surface area contributed by atoms with Crippen molar-refractivity contribution >= 4 is 110 Å². The van der Waals surface area contributed by atoms with Crippen LogP contribution in [0.25, 0.3) is 22.3 Å². The third kappa shape index (κ3) is 28.4. The van der Waals surface area contributed by atoms with Gasteiger partial charge in [-0.2, -0.15) is 0 Å². The van der Waals surface area contributed by atoms with Gasteiger partial charge in [0.1, 0.15) is 24.2 Å². The predicted molar refractivity (Wildman–Crippen MR) is 595 cm³/mol. The van der Waals surface area contributed by atoms with Gasteiger partial charge in [0.2, 0.25) is 47.3 Å². The number of anilines is 3. The maximum absolute atomic E-state index is 14.0. The fraction of sp³-hybridized carbons (Fsp3) is 0.469. The Labute approximate surface area is 880 Å². The van der Waals surface area contributed by atoms with E-state index in [0.717, 1.165) is 132 Å². The maximum atomic E-state index is 14.0. The maximum Gasteiger partial charge on any atom is 0.249 e. The lowest BCUT2D eigenvalue weighted by atomic mass is 9.76. The summed E-state index contributed by atoms with van der Waals surface area (Å²) in [6.07, 6.45) is 19.6. The summed E-state index contributed by atoms with van der Waals surface area (Å²) in [6.45, 7) is 45.5. The summed E-state index contributed by atoms with van der Waals surface area (Å²) in [5.74, 6) is -2.46. The lowest BCUT2D eigenvalue weighted by Gasteiger charge is -2.37. The standard InChI is InChI=1S/C33H42N2O3.2C32H40N2O3.C31H38N2O3/c1-23-15-17-25(18-16-23)24(2)21-27(36)22-28(33(3,4)5)31(37)35-20-10-14-30(35)32(38)34-19-9-8-12-26-11-6-7-13-29(26)34;1-22-14-16-24(17-15-22)23(2)20-26(35)21-27(32(3,4)5)30(36)34-19-9-13-29(34)31(37)33-18-8-11-25-10-6-7-12-28(25)33;1-22-12-14-24(15-13-22)23(2)19-27(35)20-28(32(3,4)5)30(36)34-17-8-11-29(34)31(37)33-18-16-25-9-6-7-10-26(25)21-33;1-21-12-14-23(15-13-21)22(2)19-25(34)20-26(31(3,4)5)29(35)32-17-8-11-28(32)30(36)33-18-16-24-9-6-7-10-27(24)33/h6-7,11,13,15-18,21,28,30H,8-10,12,14,19-20,22H2,1-5H3;6-7,10,12,14-17,20,27,29H,8-9,11,13,18-19,21H2,1-5H3;6-7,9-10,12-15,19,28-29H,8,11,16-18,20-21H2,1-5H3;6-7,9-10,12-15,19,26,28H,8,11,16-18,20H2,1-5H3/b24-21+;23-20+;23-19+;22-19+/t28-,30?;27-,29?;28-,29?;26-,28?/m1111/s1. The molecule has 0 aliphatic carbocycles. The minimum Gasteiger partial charge on any atom is -0.336 e. The lowest BCUT2D eigenvalue weighted by molar-refractivity contribution is -0.149. The molecule has 4 unspecified atom stereocenters. The van der Waals surface area contributed by atoms with Crippen LogP contribution in [0.3, 0.4) is 0 Å². The van der Waals surface area contributed by atoms with Gasteiger partial charge < -0.3 is 39.2 Å². The van der Waals surface area contributed by atoms with E-state index in [2.05, 4.69) is 30.3 Å². The predicted octanol–water partition coefficient (Wildman–Crippen LogP) is 23.6. The number of carbonyl (C=O) groups is 12. The summed E-state index contributed by atoms with van der Waals surface area (Å²) in [5, 5.41) is 0. The monoisotopic (exact) mass is 2000 g/mol. The van der Waals surface area contributed by atoms with Crippen LogP contribution in [0.15, 0.2) is 218 Å². The van der Waals surface area contributed by atoms with Crippen molar-refractivity contribution in [2.24, 2.45) is 45.3 Å². The number of benzene rings is 8. The van der Waals surface area contributed by atoms with E-state index in [1.807, 2.05) is 322 Å². The molecule has 0 bridgehead atoms. The van der Waals surface area contributed by atoms with Crippen molar-refractivity contribution in [3.8, 4) is 0 Å². The molecule has 8 atom stereocenters. The molecule has 0 saturated carbocycles. The SMILES string of the molecule is C/C(=C\C(=O)C[C@H](C(=O)N1CCCC1C(=O)N1CCCCc2ccccc21)C(C)(C)C)c1ccc(C)cc1.C/C(=C\C(=O)C[C@H](C(=O)N1CCCC1C(=O)N1CCCc2ccccc21)C(C)(C)C)c1ccc(C)cc1.C/C(=C\C(=O)C[C@H](C(=O)N1CCCC1C(=O)N1CCc2ccccc21)C(C)(C)C)c1ccc(C)cc1.C/C(=C\C(=O)C[C@H](C(=O)N1CCCC1C(=O)N1CCc2ccccc2C1)C(C)(C)C)c1ccc(C)cc1. The Morgan fingerprint density at radius 2 is 0.507 bits per heavy atom. The van der Waals surface area contributed by atoms with Crippen LogP contribution in [0.1, 0.15) is 279 Å². The second kappa shape index (κ2) is 49.5. The molecule has 148 heavy (non-hydrogen) atoms.